The van der Waals surface area contributed by atoms with Gasteiger partial charge in [0.05, 0.1) is 18.4 Å². The maximum atomic E-state index is 12.6. The Morgan fingerprint density at radius 1 is 1.15 bits per heavy atom. The first-order valence-electron chi connectivity index (χ1n) is 7.77. The van der Waals surface area contributed by atoms with E-state index in [0.717, 1.165) is 27.8 Å². The Balaban J connectivity index is 1.91. The molecule has 27 heavy (non-hydrogen) atoms. The van der Waals surface area contributed by atoms with Gasteiger partial charge in [-0.3, -0.25) is 9.55 Å². The third-order valence-corrected chi connectivity index (χ3v) is 3.83. The third-order valence-electron chi connectivity index (χ3n) is 3.83. The number of rotatable bonds is 5. The van der Waals surface area contributed by atoms with E-state index in [-0.39, 0.29) is 24.7 Å². The monoisotopic (exact) mass is 380 g/mol. The van der Waals surface area contributed by atoms with E-state index < -0.39 is 17.8 Å². The van der Waals surface area contributed by atoms with Crippen LogP contribution in [0.3, 0.4) is 0 Å². The van der Waals surface area contributed by atoms with Crippen LogP contribution in [0.5, 0.6) is 11.6 Å². The van der Waals surface area contributed by atoms with E-state index in [4.69, 9.17) is 5.73 Å². The highest BCUT2D eigenvalue weighted by Gasteiger charge is 2.31. The topological polar surface area (TPSA) is 95.3 Å². The molecule has 0 aliphatic rings. The summed E-state index contributed by atoms with van der Waals surface area (Å²) in [4.78, 5) is 16.6. The summed E-state index contributed by atoms with van der Waals surface area (Å²) in [5.74, 6) is -0.782. The minimum absolute atomic E-state index is 0.156. The van der Waals surface area contributed by atoms with Gasteiger partial charge in [0.2, 0.25) is 5.88 Å². The summed E-state index contributed by atoms with van der Waals surface area (Å²) in [6.07, 6.45) is -0.412. The van der Waals surface area contributed by atoms with Gasteiger partial charge >= 0.3 is 12.1 Å². The maximum absolute atomic E-state index is 12.6. The van der Waals surface area contributed by atoms with Crippen LogP contribution in [0.2, 0.25) is 0 Å². The normalized spacial score (nSPS) is 11.6. The number of halogens is 3. The van der Waals surface area contributed by atoms with Gasteiger partial charge in [0.25, 0.3) is 0 Å². The fourth-order valence-electron chi connectivity index (χ4n) is 2.61. The summed E-state index contributed by atoms with van der Waals surface area (Å²) in [6, 6.07) is 6.31. The molecule has 3 N–H and O–H groups in total. The Morgan fingerprint density at radius 3 is 2.48 bits per heavy atom. The molecule has 3 rings (SSSR count). The maximum Gasteiger partial charge on any atom is 0.573 e. The second-order valence-electron chi connectivity index (χ2n) is 5.62. The fourth-order valence-corrected chi connectivity index (χ4v) is 2.61. The molecule has 0 aliphatic heterocycles. The van der Waals surface area contributed by atoms with Crippen molar-refractivity contribution < 1.29 is 23.0 Å². The number of hydrogen-bond donors (Lipinski definition) is 2. The molecule has 0 radical (unpaired) electrons. The molecule has 0 fully saturated rings. The predicted octanol–water partition coefficient (Wildman–Crippen LogP) is 2.15. The molecule has 0 saturated heterocycles. The van der Waals surface area contributed by atoms with Gasteiger partial charge in [0.1, 0.15) is 5.75 Å². The van der Waals surface area contributed by atoms with E-state index in [0.29, 0.717) is 0 Å². The van der Waals surface area contributed by atoms with Crippen molar-refractivity contribution in [2.45, 2.75) is 19.5 Å². The molecule has 0 unspecified atom stereocenters. The Labute approximate surface area is 151 Å². The summed E-state index contributed by atoms with van der Waals surface area (Å²) >= 11 is 0. The number of nitrogens with zero attached hydrogens (tertiary/aromatic N) is 3. The third kappa shape index (κ3) is 4.11. The van der Waals surface area contributed by atoms with Gasteiger partial charge in [0, 0.05) is 18.9 Å². The van der Waals surface area contributed by atoms with Crippen LogP contribution >= 0.6 is 0 Å². The minimum atomic E-state index is -4.81. The second kappa shape index (κ2) is 7.16. The first-order valence-corrected chi connectivity index (χ1v) is 7.77. The molecule has 2 aromatic heterocycles. The van der Waals surface area contributed by atoms with E-state index >= 15 is 0 Å². The average molecular weight is 380 g/mol. The molecule has 0 aliphatic carbocycles. The van der Waals surface area contributed by atoms with Crippen LogP contribution in [0, 0.1) is 0 Å². The van der Waals surface area contributed by atoms with Gasteiger partial charge < -0.3 is 15.6 Å². The number of ether oxygens (including phenoxy) is 1. The van der Waals surface area contributed by atoms with Crippen molar-refractivity contribution in [3.63, 3.8) is 0 Å². The first-order chi connectivity index (χ1) is 12.8. The lowest BCUT2D eigenvalue weighted by Gasteiger charge is -2.09. The summed E-state index contributed by atoms with van der Waals surface area (Å²) in [5, 5.41) is 10.1. The lowest BCUT2D eigenvalue weighted by molar-refractivity contribution is -0.274. The molecule has 2 heterocycles. The highest BCUT2D eigenvalue weighted by Crippen LogP contribution is 2.24. The lowest BCUT2D eigenvalue weighted by atomic mass is 10.1. The van der Waals surface area contributed by atoms with Crippen molar-refractivity contribution in [3.8, 4) is 17.3 Å². The standard InChI is InChI=1S/C17H15F3N4O3/c18-17(19,20)27-14-3-1-13(2-4-14)24-15(25)10-23(16(24)26)9-11-5-6-22-8-12(11)7-21/h1-6,8,10,25H,7,9,21H2. The molecule has 0 bridgehead atoms. The van der Waals surface area contributed by atoms with Crippen molar-refractivity contribution in [2.24, 2.45) is 5.73 Å². The average Bonchev–Trinajstić information content (AvgIpc) is 2.88. The summed E-state index contributed by atoms with van der Waals surface area (Å²) in [7, 11) is 0. The lowest BCUT2D eigenvalue weighted by Crippen LogP contribution is -2.24. The first kappa shape index (κ1) is 18.5. The van der Waals surface area contributed by atoms with Crippen LogP contribution in [0.15, 0.2) is 53.7 Å². The second-order valence-corrected chi connectivity index (χ2v) is 5.62. The predicted molar refractivity (Wildman–Crippen MR) is 89.6 cm³/mol. The molecule has 7 nitrogen and oxygen atoms in total. The number of hydrogen-bond acceptors (Lipinski definition) is 5. The van der Waals surface area contributed by atoms with Crippen molar-refractivity contribution in [2.75, 3.05) is 0 Å². The van der Waals surface area contributed by atoms with E-state index in [1.165, 1.54) is 22.9 Å². The van der Waals surface area contributed by atoms with Gasteiger partial charge in [-0.25, -0.2) is 9.36 Å². The number of aromatic nitrogens is 3. The molecule has 1 aromatic carbocycles. The molecule has 142 valence electrons. The molecule has 0 spiro atoms. The Bertz CT molecular complexity index is 994. The number of imidazole rings is 1. The Hall–Kier alpha value is -3.27. The van der Waals surface area contributed by atoms with Crippen LogP contribution < -0.4 is 16.2 Å². The molecular formula is C17H15F3N4O3. The SMILES string of the molecule is NCc1cnccc1Cn1cc(O)n(-c2ccc(OC(F)(F)F)cc2)c1=O. The number of nitrogens with two attached hydrogens (primary N) is 1. The smallest absolute Gasteiger partial charge is 0.493 e. The van der Waals surface area contributed by atoms with Gasteiger partial charge in [-0.05, 0) is 41.5 Å². The van der Waals surface area contributed by atoms with Crippen molar-refractivity contribution in [1.29, 1.82) is 0 Å². The van der Waals surface area contributed by atoms with Crippen LogP contribution in [-0.4, -0.2) is 25.6 Å². The van der Waals surface area contributed by atoms with Gasteiger partial charge in [0.15, 0.2) is 0 Å². The number of pyridine rings is 1. The van der Waals surface area contributed by atoms with E-state index in [2.05, 4.69) is 9.72 Å². The largest absolute Gasteiger partial charge is 0.573 e. The molecular weight excluding hydrogens is 365 g/mol. The number of alkyl halides is 3. The summed E-state index contributed by atoms with van der Waals surface area (Å²) < 4.78 is 42.7. The van der Waals surface area contributed by atoms with Crippen molar-refractivity contribution >= 4 is 0 Å². The van der Waals surface area contributed by atoms with Gasteiger partial charge in [-0.1, -0.05) is 0 Å². The van der Waals surface area contributed by atoms with Crippen LogP contribution in [0.4, 0.5) is 13.2 Å². The Kier molecular flexibility index (Phi) is 4.91. The van der Waals surface area contributed by atoms with Crippen molar-refractivity contribution in [1.82, 2.24) is 14.1 Å². The zero-order chi connectivity index (χ0) is 19.6. The summed E-state index contributed by atoms with van der Waals surface area (Å²) in [6.45, 7) is 0.398. The molecule has 0 amide bonds. The zero-order valence-electron chi connectivity index (χ0n) is 13.8. The molecule has 0 saturated carbocycles. The molecule has 3 aromatic rings. The minimum Gasteiger partial charge on any atom is -0.493 e. The van der Waals surface area contributed by atoms with Crippen LogP contribution in [0.25, 0.3) is 5.69 Å². The zero-order valence-corrected chi connectivity index (χ0v) is 13.8. The fraction of sp³-hybridized carbons (Fsp3) is 0.176. The summed E-state index contributed by atoms with van der Waals surface area (Å²) in [5.41, 5.74) is 6.81. The highest BCUT2D eigenvalue weighted by atomic mass is 19.4. The van der Waals surface area contributed by atoms with Crippen molar-refractivity contribution in [3.05, 3.63) is 70.5 Å². The van der Waals surface area contributed by atoms with E-state index in [1.807, 2.05) is 0 Å². The van der Waals surface area contributed by atoms with E-state index in [1.54, 1.807) is 18.5 Å². The van der Waals surface area contributed by atoms with E-state index in [9.17, 15) is 23.1 Å². The highest BCUT2D eigenvalue weighted by molar-refractivity contribution is 5.40. The van der Waals surface area contributed by atoms with Crippen LogP contribution in [-0.2, 0) is 13.1 Å². The molecule has 0 atom stereocenters. The van der Waals surface area contributed by atoms with Gasteiger partial charge in [-0.2, -0.15) is 0 Å². The number of aromatic hydroxyl groups is 1. The van der Waals surface area contributed by atoms with Gasteiger partial charge in [-0.15, -0.1) is 13.2 Å². The molecule has 10 heteroatoms. The van der Waals surface area contributed by atoms with Crippen LogP contribution in [0.1, 0.15) is 11.1 Å². The Morgan fingerprint density at radius 2 is 1.85 bits per heavy atom. The quantitative estimate of drug-likeness (QED) is 0.707. The number of benzene rings is 1.